The van der Waals surface area contributed by atoms with Gasteiger partial charge in [-0.05, 0) is 12.1 Å². The van der Waals surface area contributed by atoms with Gasteiger partial charge in [-0.1, -0.05) is 28.1 Å². The number of ether oxygens (including phenoxy) is 1. The number of Topliss-reactive ketones (excluding diaryl/α,β-unsaturated/α-hetero) is 1. The van der Waals surface area contributed by atoms with E-state index in [1.165, 1.54) is 7.11 Å². The number of benzene rings is 1. The van der Waals surface area contributed by atoms with Gasteiger partial charge in [0.05, 0.1) is 7.11 Å². The van der Waals surface area contributed by atoms with Gasteiger partial charge < -0.3 is 4.74 Å². The molecule has 0 spiro atoms. The van der Waals surface area contributed by atoms with Crippen LogP contribution in [-0.2, 0) is 9.53 Å². The van der Waals surface area contributed by atoms with Crippen LogP contribution >= 0.6 is 27.5 Å². The lowest BCUT2D eigenvalue weighted by Crippen LogP contribution is -2.25. The van der Waals surface area contributed by atoms with Crippen molar-refractivity contribution in [1.29, 1.82) is 0 Å². The number of alkyl halides is 1. The number of carbonyl (C=O) groups excluding carboxylic acids is 2. The summed E-state index contributed by atoms with van der Waals surface area (Å²) >= 11 is 8.85. The maximum atomic E-state index is 11.6. The van der Waals surface area contributed by atoms with Crippen molar-refractivity contribution in [2.75, 3.05) is 7.11 Å². The molecule has 0 aliphatic heterocycles. The summed E-state index contributed by atoms with van der Waals surface area (Å²) in [5, 5.41) is -1.29. The van der Waals surface area contributed by atoms with Gasteiger partial charge >= 0.3 is 5.97 Å². The van der Waals surface area contributed by atoms with Crippen molar-refractivity contribution in [3.05, 3.63) is 34.3 Å². The Labute approximate surface area is 100 Å². The second kappa shape index (κ2) is 5.28. The Morgan fingerprint density at radius 3 is 2.67 bits per heavy atom. The van der Waals surface area contributed by atoms with Crippen molar-refractivity contribution >= 4 is 39.3 Å². The maximum absolute atomic E-state index is 11.6. The van der Waals surface area contributed by atoms with Crippen LogP contribution in [0.1, 0.15) is 10.4 Å². The molecule has 0 heterocycles. The van der Waals surface area contributed by atoms with Crippen molar-refractivity contribution < 1.29 is 14.3 Å². The molecule has 1 rings (SSSR count). The first-order valence-corrected chi connectivity index (χ1v) is 5.31. The third-order valence-electron chi connectivity index (χ3n) is 1.75. The third kappa shape index (κ3) is 3.04. The van der Waals surface area contributed by atoms with E-state index < -0.39 is 17.1 Å². The molecule has 1 aromatic rings. The first kappa shape index (κ1) is 12.2. The van der Waals surface area contributed by atoms with Gasteiger partial charge in [-0.3, -0.25) is 4.79 Å². The van der Waals surface area contributed by atoms with Crippen molar-refractivity contribution in [3.8, 4) is 0 Å². The summed E-state index contributed by atoms with van der Waals surface area (Å²) in [5.74, 6) is -1.22. The molecule has 80 valence electrons. The highest BCUT2D eigenvalue weighted by Crippen LogP contribution is 2.15. The fraction of sp³-hybridized carbons (Fsp3) is 0.200. The van der Waals surface area contributed by atoms with Crippen molar-refractivity contribution in [2.45, 2.75) is 5.38 Å². The fourth-order valence-corrected chi connectivity index (χ4v) is 1.61. The molecule has 0 aliphatic rings. The van der Waals surface area contributed by atoms with Crippen molar-refractivity contribution in [1.82, 2.24) is 0 Å². The lowest BCUT2D eigenvalue weighted by molar-refractivity contribution is -0.139. The van der Waals surface area contributed by atoms with Gasteiger partial charge in [0.15, 0.2) is 11.2 Å². The third-order valence-corrected chi connectivity index (χ3v) is 2.62. The average molecular weight is 292 g/mol. The number of rotatable bonds is 3. The number of hydrogen-bond donors (Lipinski definition) is 0. The van der Waals surface area contributed by atoms with E-state index in [0.717, 1.165) is 4.47 Å². The minimum absolute atomic E-state index is 0.370. The summed E-state index contributed by atoms with van der Waals surface area (Å²) in [7, 11) is 1.19. The van der Waals surface area contributed by atoms with E-state index in [-0.39, 0.29) is 0 Å². The molecule has 0 fully saturated rings. The van der Waals surface area contributed by atoms with E-state index >= 15 is 0 Å². The summed E-state index contributed by atoms with van der Waals surface area (Å²) in [4.78, 5) is 22.7. The van der Waals surface area contributed by atoms with Gasteiger partial charge in [0.2, 0.25) is 0 Å². The molecule has 0 aromatic heterocycles. The molecule has 0 radical (unpaired) electrons. The summed E-state index contributed by atoms with van der Waals surface area (Å²) in [6, 6.07) is 6.66. The Morgan fingerprint density at radius 2 is 2.13 bits per heavy atom. The average Bonchev–Trinajstić information content (AvgIpc) is 2.26. The zero-order valence-corrected chi connectivity index (χ0v) is 10.2. The second-order valence-corrected chi connectivity index (χ2v) is 4.11. The normalized spacial score (nSPS) is 11.9. The van der Waals surface area contributed by atoms with Gasteiger partial charge in [0, 0.05) is 10.0 Å². The largest absolute Gasteiger partial charge is 0.468 e. The highest BCUT2D eigenvalue weighted by molar-refractivity contribution is 9.10. The van der Waals surface area contributed by atoms with Crippen LogP contribution in [0.4, 0.5) is 0 Å². The molecule has 3 nitrogen and oxygen atoms in total. The zero-order chi connectivity index (χ0) is 11.4. The highest BCUT2D eigenvalue weighted by Gasteiger charge is 2.25. The van der Waals surface area contributed by atoms with Crippen LogP contribution in [-0.4, -0.2) is 24.2 Å². The van der Waals surface area contributed by atoms with E-state index in [1.807, 2.05) is 0 Å². The molecule has 1 aromatic carbocycles. The van der Waals surface area contributed by atoms with E-state index in [2.05, 4.69) is 20.7 Å². The van der Waals surface area contributed by atoms with Crippen LogP contribution in [0.5, 0.6) is 0 Å². The quantitative estimate of drug-likeness (QED) is 0.372. The molecule has 1 atom stereocenters. The van der Waals surface area contributed by atoms with Gasteiger partial charge in [-0.15, -0.1) is 11.6 Å². The number of ketones is 1. The molecule has 0 saturated carbocycles. The van der Waals surface area contributed by atoms with E-state index in [9.17, 15) is 9.59 Å². The Hall–Kier alpha value is -0.870. The fourth-order valence-electron chi connectivity index (χ4n) is 0.999. The number of hydrogen-bond acceptors (Lipinski definition) is 3. The van der Waals surface area contributed by atoms with Crippen LogP contribution < -0.4 is 0 Å². The zero-order valence-electron chi connectivity index (χ0n) is 7.87. The standard InChI is InChI=1S/C10H8BrClO3/c1-15-10(14)8(12)9(13)6-3-2-4-7(11)5-6/h2-5,8H,1H3. The van der Waals surface area contributed by atoms with Gasteiger partial charge in [-0.2, -0.15) is 0 Å². The summed E-state index contributed by atoms with van der Waals surface area (Å²) in [5.41, 5.74) is 0.370. The molecule has 15 heavy (non-hydrogen) atoms. The Bertz CT molecular complexity index is 392. The van der Waals surface area contributed by atoms with Crippen LogP contribution in [0.15, 0.2) is 28.7 Å². The Morgan fingerprint density at radius 1 is 1.47 bits per heavy atom. The summed E-state index contributed by atoms with van der Waals surface area (Å²) in [6.07, 6.45) is 0. The predicted octanol–water partition coefficient (Wildman–Crippen LogP) is 2.41. The predicted molar refractivity (Wildman–Crippen MR) is 60.1 cm³/mol. The molecule has 0 amide bonds. The highest BCUT2D eigenvalue weighted by atomic mass is 79.9. The molecule has 0 bridgehead atoms. The SMILES string of the molecule is COC(=O)C(Cl)C(=O)c1cccc(Br)c1. The van der Waals surface area contributed by atoms with Crippen LogP contribution in [0.3, 0.4) is 0 Å². The molecular weight excluding hydrogens is 283 g/mol. The monoisotopic (exact) mass is 290 g/mol. The molecular formula is C10H8BrClO3. The van der Waals surface area contributed by atoms with Gasteiger partial charge in [0.25, 0.3) is 0 Å². The number of halogens is 2. The van der Waals surface area contributed by atoms with Crippen LogP contribution in [0, 0.1) is 0 Å². The molecule has 0 aliphatic carbocycles. The Balaban J connectivity index is 2.90. The maximum Gasteiger partial charge on any atom is 0.331 e. The molecule has 0 N–H and O–H groups in total. The first-order chi connectivity index (χ1) is 7.06. The summed E-state index contributed by atoms with van der Waals surface area (Å²) < 4.78 is 5.13. The van der Waals surface area contributed by atoms with Crippen molar-refractivity contribution in [2.24, 2.45) is 0 Å². The van der Waals surface area contributed by atoms with E-state index in [0.29, 0.717) is 5.56 Å². The minimum atomic E-state index is -1.29. The Kier molecular flexibility index (Phi) is 4.29. The van der Waals surface area contributed by atoms with E-state index in [1.54, 1.807) is 24.3 Å². The van der Waals surface area contributed by atoms with Crippen molar-refractivity contribution in [3.63, 3.8) is 0 Å². The minimum Gasteiger partial charge on any atom is -0.468 e. The molecule has 1 unspecified atom stereocenters. The number of carbonyl (C=O) groups is 2. The lowest BCUT2D eigenvalue weighted by Gasteiger charge is -2.06. The first-order valence-electron chi connectivity index (χ1n) is 4.08. The van der Waals surface area contributed by atoms with Gasteiger partial charge in [-0.25, -0.2) is 4.79 Å². The summed E-state index contributed by atoms with van der Waals surface area (Å²) in [6.45, 7) is 0. The molecule has 0 saturated heterocycles. The second-order valence-electron chi connectivity index (χ2n) is 2.76. The number of methoxy groups -OCH3 is 1. The number of esters is 1. The smallest absolute Gasteiger partial charge is 0.331 e. The molecule has 5 heteroatoms. The lowest BCUT2D eigenvalue weighted by atomic mass is 10.1. The van der Waals surface area contributed by atoms with E-state index in [4.69, 9.17) is 11.6 Å². The topological polar surface area (TPSA) is 43.4 Å². The van der Waals surface area contributed by atoms with Crippen LogP contribution in [0.2, 0.25) is 0 Å². The van der Waals surface area contributed by atoms with Gasteiger partial charge in [0.1, 0.15) is 0 Å². The van der Waals surface area contributed by atoms with Crippen LogP contribution in [0.25, 0.3) is 0 Å².